The molecule has 0 radical (unpaired) electrons. The average molecular weight is 540 g/mol. The van der Waals surface area contributed by atoms with Crippen LogP contribution in [0.15, 0.2) is 60.1 Å². The predicted molar refractivity (Wildman–Crippen MR) is 143 cm³/mol. The summed E-state index contributed by atoms with van der Waals surface area (Å²) in [6.07, 6.45) is 1.83. The van der Waals surface area contributed by atoms with Crippen LogP contribution in [0.3, 0.4) is 0 Å². The van der Waals surface area contributed by atoms with Crippen LogP contribution in [-0.2, 0) is 16.0 Å². The second kappa shape index (κ2) is 10.8. The minimum absolute atomic E-state index is 0.0949. The number of nitrogens with zero attached hydrogens (tertiary/aromatic N) is 2. The van der Waals surface area contributed by atoms with Gasteiger partial charge in [-0.15, -0.1) is 11.3 Å². The number of ether oxygens (including phenoxy) is 3. The third kappa shape index (κ3) is 5.16. The number of thiazole rings is 1. The van der Waals surface area contributed by atoms with E-state index >= 15 is 0 Å². The van der Waals surface area contributed by atoms with Crippen molar-refractivity contribution >= 4 is 34.0 Å². The maximum Gasteiger partial charge on any atom is 0.309 e. The van der Waals surface area contributed by atoms with E-state index in [1.165, 1.54) is 11.3 Å². The van der Waals surface area contributed by atoms with Gasteiger partial charge in [-0.1, -0.05) is 23.7 Å². The first kappa shape index (κ1) is 25.1. The molecule has 2 aromatic carbocycles. The molecule has 0 unspecified atom stereocenters. The van der Waals surface area contributed by atoms with Crippen LogP contribution in [0.1, 0.15) is 41.1 Å². The highest BCUT2D eigenvalue weighted by atomic mass is 35.5. The molecule has 0 saturated heterocycles. The fourth-order valence-electron chi connectivity index (χ4n) is 4.65. The van der Waals surface area contributed by atoms with Gasteiger partial charge in [-0.3, -0.25) is 4.79 Å². The molecule has 0 aliphatic carbocycles. The van der Waals surface area contributed by atoms with Crippen molar-refractivity contribution in [2.45, 2.75) is 25.0 Å². The molecule has 192 valence electrons. The van der Waals surface area contributed by atoms with Crippen LogP contribution in [0.5, 0.6) is 11.5 Å². The highest BCUT2D eigenvalue weighted by Gasteiger charge is 2.32. The normalized spacial score (nSPS) is 16.4. The number of hydrogen-bond acceptors (Lipinski definition) is 7. The lowest BCUT2D eigenvalue weighted by molar-refractivity contribution is -0.136. The van der Waals surface area contributed by atoms with Gasteiger partial charge in [-0.05, 0) is 42.8 Å². The Bertz CT molecular complexity index is 1420. The number of carbonyl (C=O) groups is 1. The minimum Gasteiger partial charge on any atom is -0.493 e. The van der Waals surface area contributed by atoms with Crippen molar-refractivity contribution in [1.82, 2.24) is 9.55 Å². The van der Waals surface area contributed by atoms with E-state index in [9.17, 15) is 4.79 Å². The zero-order valence-electron chi connectivity index (χ0n) is 20.3. The Morgan fingerprint density at radius 3 is 2.84 bits per heavy atom. The number of para-hydroxylation sites is 1. The van der Waals surface area contributed by atoms with E-state index in [-0.39, 0.29) is 12.5 Å². The number of rotatable bonds is 9. The van der Waals surface area contributed by atoms with Crippen molar-refractivity contribution in [3.63, 3.8) is 0 Å². The Morgan fingerprint density at radius 1 is 1.19 bits per heavy atom. The standard InChI is InChI=1S/C27H26ClN3O5S/c1-34-23-7-3-5-18(26(23)35-2)25-19-13-16(28)8-9-20(19)31-12-4-6-21(31)22(36-25)10-11-29-27-30-17(15-37-27)14-24(32)33/h3-9,12-13,15,22,25H,10-11,14H2,1-2H3,(H,29,30)(H,32,33)/t22-,25-/m1/s1. The number of hydrogen-bond donors (Lipinski definition) is 2. The fraction of sp³-hybridized carbons (Fsp3) is 0.259. The molecule has 0 fully saturated rings. The molecule has 0 spiro atoms. The molecule has 10 heteroatoms. The van der Waals surface area contributed by atoms with Crippen LogP contribution in [0.4, 0.5) is 5.13 Å². The number of anilines is 1. The summed E-state index contributed by atoms with van der Waals surface area (Å²) < 4.78 is 20.3. The summed E-state index contributed by atoms with van der Waals surface area (Å²) in [7, 11) is 3.23. The van der Waals surface area contributed by atoms with Gasteiger partial charge in [0.25, 0.3) is 0 Å². The van der Waals surface area contributed by atoms with Gasteiger partial charge in [0.2, 0.25) is 0 Å². The van der Waals surface area contributed by atoms with Gasteiger partial charge in [0.1, 0.15) is 12.2 Å². The highest BCUT2D eigenvalue weighted by Crippen LogP contribution is 2.46. The molecule has 2 N–H and O–H groups in total. The maximum atomic E-state index is 11.0. The van der Waals surface area contributed by atoms with Gasteiger partial charge in [0.15, 0.2) is 16.6 Å². The van der Waals surface area contributed by atoms with Crippen molar-refractivity contribution in [3.05, 3.63) is 87.6 Å². The number of halogens is 1. The number of fused-ring (bicyclic) bond motifs is 3. The molecule has 1 aliphatic rings. The van der Waals surface area contributed by atoms with Crippen molar-refractivity contribution < 1.29 is 24.1 Å². The predicted octanol–water partition coefficient (Wildman–Crippen LogP) is 5.89. The lowest BCUT2D eigenvalue weighted by atomic mass is 9.98. The zero-order chi connectivity index (χ0) is 25.9. The number of benzene rings is 2. The van der Waals surface area contributed by atoms with Gasteiger partial charge >= 0.3 is 5.97 Å². The Hall–Kier alpha value is -3.53. The van der Waals surface area contributed by atoms with E-state index in [0.717, 1.165) is 22.5 Å². The highest BCUT2D eigenvalue weighted by molar-refractivity contribution is 7.13. The van der Waals surface area contributed by atoms with Crippen molar-refractivity contribution in [2.24, 2.45) is 0 Å². The quantitative estimate of drug-likeness (QED) is 0.273. The van der Waals surface area contributed by atoms with Crippen molar-refractivity contribution in [2.75, 3.05) is 26.1 Å². The monoisotopic (exact) mass is 539 g/mol. The third-order valence-electron chi connectivity index (χ3n) is 6.22. The number of carboxylic acid groups (broad SMARTS) is 1. The largest absolute Gasteiger partial charge is 0.493 e. The lowest BCUT2D eigenvalue weighted by Crippen LogP contribution is -2.15. The van der Waals surface area contributed by atoms with Crippen LogP contribution in [0.25, 0.3) is 5.69 Å². The summed E-state index contributed by atoms with van der Waals surface area (Å²) in [6, 6.07) is 15.6. The Kier molecular flexibility index (Phi) is 7.36. The third-order valence-corrected chi connectivity index (χ3v) is 7.31. The molecule has 0 saturated carbocycles. The van der Waals surface area contributed by atoms with E-state index in [1.807, 2.05) is 48.7 Å². The zero-order valence-corrected chi connectivity index (χ0v) is 21.9. The molecule has 1 aliphatic heterocycles. The van der Waals surface area contributed by atoms with E-state index in [0.29, 0.717) is 40.3 Å². The molecule has 37 heavy (non-hydrogen) atoms. The number of aromatic nitrogens is 2. The van der Waals surface area contributed by atoms with Crippen LogP contribution in [0, 0.1) is 0 Å². The second-order valence-electron chi connectivity index (χ2n) is 8.52. The number of methoxy groups -OCH3 is 2. The number of aliphatic carboxylic acids is 1. The first-order chi connectivity index (χ1) is 18.0. The Morgan fingerprint density at radius 2 is 2.05 bits per heavy atom. The van der Waals surface area contributed by atoms with Gasteiger partial charge in [-0.2, -0.15) is 0 Å². The molecule has 8 nitrogen and oxygen atoms in total. The summed E-state index contributed by atoms with van der Waals surface area (Å²) in [5, 5.41) is 15.4. The second-order valence-corrected chi connectivity index (χ2v) is 9.82. The summed E-state index contributed by atoms with van der Waals surface area (Å²) in [5.41, 5.74) is 4.29. The molecule has 2 aromatic heterocycles. The van der Waals surface area contributed by atoms with Gasteiger partial charge in [0, 0.05) is 34.3 Å². The first-order valence-corrected chi connectivity index (χ1v) is 13.0. The van der Waals surface area contributed by atoms with Crippen molar-refractivity contribution in [3.8, 4) is 17.2 Å². The van der Waals surface area contributed by atoms with Crippen molar-refractivity contribution in [1.29, 1.82) is 0 Å². The molecule has 3 heterocycles. The van der Waals surface area contributed by atoms with Crippen LogP contribution in [0.2, 0.25) is 5.02 Å². The van der Waals surface area contributed by atoms with E-state index in [1.54, 1.807) is 19.6 Å². The minimum atomic E-state index is -0.900. The topological polar surface area (TPSA) is 94.8 Å². The van der Waals surface area contributed by atoms with Gasteiger partial charge in [-0.25, -0.2) is 4.98 Å². The summed E-state index contributed by atoms with van der Waals surface area (Å²) >= 11 is 7.85. The SMILES string of the molecule is COc1cccc([C@H]2O[C@H](CCNc3nc(CC(=O)O)cs3)c3cccn3-c3ccc(Cl)cc32)c1OC. The summed E-state index contributed by atoms with van der Waals surface area (Å²) in [4.78, 5) is 15.3. The van der Waals surface area contributed by atoms with E-state index in [2.05, 4.69) is 20.9 Å². The molecular weight excluding hydrogens is 514 g/mol. The Labute approximate surface area is 223 Å². The molecule has 2 atom stereocenters. The number of carboxylic acids is 1. The molecular formula is C27H26ClN3O5S. The van der Waals surface area contributed by atoms with E-state index in [4.69, 9.17) is 30.9 Å². The van der Waals surface area contributed by atoms with Crippen LogP contribution >= 0.6 is 22.9 Å². The lowest BCUT2D eigenvalue weighted by Gasteiger charge is -2.25. The fourth-order valence-corrected chi connectivity index (χ4v) is 5.57. The molecule has 5 rings (SSSR count). The van der Waals surface area contributed by atoms with Gasteiger partial charge in [0.05, 0.1) is 37.7 Å². The van der Waals surface area contributed by atoms with Crippen LogP contribution in [-0.4, -0.2) is 41.4 Å². The Balaban J connectivity index is 1.48. The first-order valence-electron chi connectivity index (χ1n) is 11.7. The molecule has 4 aromatic rings. The maximum absolute atomic E-state index is 11.0. The van der Waals surface area contributed by atoms with Crippen LogP contribution < -0.4 is 14.8 Å². The smallest absolute Gasteiger partial charge is 0.309 e. The molecule has 0 bridgehead atoms. The summed E-state index contributed by atoms with van der Waals surface area (Å²) in [6.45, 7) is 0.578. The summed E-state index contributed by atoms with van der Waals surface area (Å²) in [5.74, 6) is 0.330. The van der Waals surface area contributed by atoms with E-state index < -0.39 is 12.1 Å². The molecule has 0 amide bonds. The van der Waals surface area contributed by atoms with Gasteiger partial charge < -0.3 is 29.2 Å². The average Bonchev–Trinajstić information content (AvgIpc) is 3.52. The number of nitrogens with one attached hydrogen (secondary N) is 1.